The molecule has 8 nitrogen and oxygen atoms in total. The molecule has 2 heterocycles. The van der Waals surface area contributed by atoms with Gasteiger partial charge in [0, 0.05) is 26.1 Å². The second-order valence-corrected chi connectivity index (χ2v) is 11.8. The van der Waals surface area contributed by atoms with E-state index >= 15 is 0 Å². The van der Waals surface area contributed by atoms with Gasteiger partial charge in [-0.25, -0.2) is 8.42 Å². The molecule has 0 radical (unpaired) electrons. The van der Waals surface area contributed by atoms with Gasteiger partial charge in [0.05, 0.1) is 17.1 Å². The molecule has 0 spiro atoms. The molecule has 5 rings (SSSR count). The predicted octanol–water partition coefficient (Wildman–Crippen LogP) is 3.56. The Hall–Kier alpha value is -3.69. The molecule has 0 aromatic heterocycles. The molecule has 204 valence electrons. The van der Waals surface area contributed by atoms with E-state index < -0.39 is 16.1 Å². The largest absolute Gasteiger partial charge is 0.477 e. The Morgan fingerprint density at radius 2 is 1.51 bits per heavy atom. The zero-order valence-electron chi connectivity index (χ0n) is 21.8. The zero-order chi connectivity index (χ0) is 27.2. The number of carbonyl (C=O) groups is 2. The van der Waals surface area contributed by atoms with E-state index in [1.807, 2.05) is 48.5 Å². The lowest BCUT2D eigenvalue weighted by molar-refractivity contribution is -0.128. The first-order valence-electron chi connectivity index (χ1n) is 13.4. The van der Waals surface area contributed by atoms with Crippen LogP contribution < -0.4 is 15.0 Å². The van der Waals surface area contributed by atoms with Crippen LogP contribution in [-0.2, 0) is 32.5 Å². The fourth-order valence-electron chi connectivity index (χ4n) is 4.99. The van der Waals surface area contributed by atoms with Gasteiger partial charge in [0.2, 0.25) is 15.9 Å². The summed E-state index contributed by atoms with van der Waals surface area (Å²) in [5.41, 5.74) is 2.65. The fraction of sp³-hybridized carbons (Fsp3) is 0.333. The molecule has 1 atom stereocenters. The van der Waals surface area contributed by atoms with Gasteiger partial charge in [-0.3, -0.25) is 9.59 Å². The summed E-state index contributed by atoms with van der Waals surface area (Å²) in [5.74, 6) is 0.117. The lowest BCUT2D eigenvalue weighted by Crippen LogP contribution is -2.51. The van der Waals surface area contributed by atoms with Gasteiger partial charge in [0.1, 0.15) is 5.75 Å². The molecular weight excluding hydrogens is 514 g/mol. The van der Waals surface area contributed by atoms with Gasteiger partial charge in [0.25, 0.3) is 5.91 Å². The molecule has 1 saturated heterocycles. The minimum Gasteiger partial charge on any atom is -0.477 e. The van der Waals surface area contributed by atoms with Crippen LogP contribution in [0.2, 0.25) is 0 Å². The molecule has 0 saturated carbocycles. The van der Waals surface area contributed by atoms with Crippen LogP contribution in [0.1, 0.15) is 30.4 Å². The van der Waals surface area contributed by atoms with E-state index in [-0.39, 0.29) is 29.7 Å². The highest BCUT2D eigenvalue weighted by Gasteiger charge is 2.33. The first kappa shape index (κ1) is 26.9. The van der Waals surface area contributed by atoms with E-state index in [0.717, 1.165) is 24.0 Å². The first-order chi connectivity index (χ1) is 18.9. The molecule has 1 fully saturated rings. The van der Waals surface area contributed by atoms with Crippen molar-refractivity contribution in [1.29, 1.82) is 0 Å². The van der Waals surface area contributed by atoms with E-state index in [2.05, 4.69) is 5.32 Å². The highest BCUT2D eigenvalue weighted by Crippen LogP contribution is 2.33. The summed E-state index contributed by atoms with van der Waals surface area (Å²) in [6, 6.07) is 23.9. The summed E-state index contributed by atoms with van der Waals surface area (Å²) in [4.78, 5) is 28.2. The molecule has 0 bridgehead atoms. The van der Waals surface area contributed by atoms with Crippen molar-refractivity contribution >= 4 is 27.5 Å². The number of rotatable bonds is 9. The fourth-order valence-corrected chi connectivity index (χ4v) is 6.50. The highest BCUT2D eigenvalue weighted by atomic mass is 32.2. The minimum absolute atomic E-state index is 0.124. The number of benzene rings is 3. The number of anilines is 1. The normalized spacial score (nSPS) is 17.3. The van der Waals surface area contributed by atoms with Gasteiger partial charge in [-0.2, -0.15) is 4.31 Å². The average molecular weight is 548 g/mol. The van der Waals surface area contributed by atoms with Gasteiger partial charge < -0.3 is 15.0 Å². The lowest BCUT2D eigenvalue weighted by atomic mass is 10.1. The average Bonchev–Trinajstić information content (AvgIpc) is 3.52. The van der Waals surface area contributed by atoms with Crippen molar-refractivity contribution in [2.24, 2.45) is 0 Å². The maximum Gasteiger partial charge on any atom is 0.262 e. The van der Waals surface area contributed by atoms with Crippen molar-refractivity contribution in [2.45, 2.75) is 43.1 Å². The number of aryl methyl sites for hydroxylation is 1. The van der Waals surface area contributed by atoms with Crippen LogP contribution >= 0.6 is 0 Å². The number of ether oxygens (including phenoxy) is 1. The second kappa shape index (κ2) is 12.0. The van der Waals surface area contributed by atoms with Crippen molar-refractivity contribution in [3.63, 3.8) is 0 Å². The van der Waals surface area contributed by atoms with Gasteiger partial charge in [-0.15, -0.1) is 0 Å². The molecule has 3 aromatic rings. The smallest absolute Gasteiger partial charge is 0.262 e. The van der Waals surface area contributed by atoms with Gasteiger partial charge >= 0.3 is 0 Å². The Labute approximate surface area is 229 Å². The Balaban J connectivity index is 1.20. The SMILES string of the molecule is O=C(NCCc1ccccc1)[C@H]1CN(C(=O)CCc2ccc(S(=O)(=O)N3CCCC3)cc2)c2ccccc2O1. The Kier molecular flexibility index (Phi) is 8.28. The number of para-hydroxylation sites is 2. The third-order valence-corrected chi connectivity index (χ3v) is 9.09. The lowest BCUT2D eigenvalue weighted by Gasteiger charge is -2.34. The maximum atomic E-state index is 13.3. The minimum atomic E-state index is -3.47. The number of carbonyl (C=O) groups excluding carboxylic acids is 2. The van der Waals surface area contributed by atoms with Crippen molar-refractivity contribution in [3.05, 3.63) is 90.0 Å². The second-order valence-electron chi connectivity index (χ2n) is 9.86. The topological polar surface area (TPSA) is 96.0 Å². The van der Waals surface area contributed by atoms with Crippen LogP contribution in [0, 0.1) is 0 Å². The van der Waals surface area contributed by atoms with Crippen molar-refractivity contribution in [1.82, 2.24) is 9.62 Å². The summed E-state index contributed by atoms with van der Waals surface area (Å²) in [7, 11) is -3.47. The quantitative estimate of drug-likeness (QED) is 0.442. The molecule has 0 unspecified atom stereocenters. The number of sulfonamides is 1. The number of nitrogens with zero attached hydrogens (tertiary/aromatic N) is 2. The van der Waals surface area contributed by atoms with Crippen LogP contribution in [0.3, 0.4) is 0 Å². The van der Waals surface area contributed by atoms with E-state index in [0.29, 0.717) is 43.9 Å². The van der Waals surface area contributed by atoms with Crippen LogP contribution in [0.5, 0.6) is 5.75 Å². The third-order valence-electron chi connectivity index (χ3n) is 7.18. The van der Waals surface area contributed by atoms with Crippen LogP contribution in [0.15, 0.2) is 83.8 Å². The van der Waals surface area contributed by atoms with Crippen molar-refractivity contribution in [2.75, 3.05) is 31.1 Å². The Morgan fingerprint density at radius 1 is 0.846 bits per heavy atom. The molecule has 2 aliphatic heterocycles. The van der Waals surface area contributed by atoms with Gasteiger partial charge in [-0.05, 0) is 61.1 Å². The van der Waals surface area contributed by atoms with E-state index in [1.165, 1.54) is 4.31 Å². The molecular formula is C30H33N3O5S. The van der Waals surface area contributed by atoms with Gasteiger partial charge in [0.15, 0.2) is 6.10 Å². The molecule has 3 aromatic carbocycles. The standard InChI is InChI=1S/C30H33N3O5S/c34-29(17-14-24-12-15-25(16-13-24)39(36,37)32-20-6-7-21-32)33-22-28(38-27-11-5-4-10-26(27)33)30(35)31-19-18-23-8-2-1-3-9-23/h1-5,8-13,15-16,28H,6-7,14,17-22H2,(H,31,35)/t28-/m1/s1. The van der Waals surface area contributed by atoms with E-state index in [1.54, 1.807) is 35.2 Å². The van der Waals surface area contributed by atoms with Crippen LogP contribution in [0.4, 0.5) is 5.69 Å². The first-order valence-corrected chi connectivity index (χ1v) is 14.8. The summed E-state index contributed by atoms with van der Waals surface area (Å²) in [5, 5.41) is 2.93. The Bertz CT molecular complexity index is 1400. The number of amides is 2. The van der Waals surface area contributed by atoms with E-state index in [4.69, 9.17) is 4.74 Å². The van der Waals surface area contributed by atoms with Crippen LogP contribution in [0.25, 0.3) is 0 Å². The number of hydrogen-bond donors (Lipinski definition) is 1. The third kappa shape index (κ3) is 6.32. The van der Waals surface area contributed by atoms with Crippen LogP contribution in [-0.4, -0.2) is 56.8 Å². The maximum absolute atomic E-state index is 13.3. The van der Waals surface area contributed by atoms with Crippen molar-refractivity contribution in [3.8, 4) is 5.75 Å². The molecule has 2 aliphatic rings. The number of hydrogen-bond acceptors (Lipinski definition) is 5. The monoisotopic (exact) mass is 547 g/mol. The molecule has 1 N–H and O–H groups in total. The molecule has 9 heteroatoms. The predicted molar refractivity (Wildman–Crippen MR) is 149 cm³/mol. The molecule has 2 amide bonds. The molecule has 0 aliphatic carbocycles. The van der Waals surface area contributed by atoms with Gasteiger partial charge in [-0.1, -0.05) is 54.6 Å². The summed E-state index contributed by atoms with van der Waals surface area (Å²) < 4.78 is 33.0. The molecule has 39 heavy (non-hydrogen) atoms. The summed E-state index contributed by atoms with van der Waals surface area (Å²) >= 11 is 0. The zero-order valence-corrected chi connectivity index (χ0v) is 22.6. The summed E-state index contributed by atoms with van der Waals surface area (Å²) in [6.45, 7) is 1.72. The van der Waals surface area contributed by atoms with Crippen molar-refractivity contribution < 1.29 is 22.7 Å². The van der Waals surface area contributed by atoms with E-state index in [9.17, 15) is 18.0 Å². The summed E-state index contributed by atoms with van der Waals surface area (Å²) in [6.07, 6.45) is 2.34. The Morgan fingerprint density at radius 3 is 2.26 bits per heavy atom. The number of fused-ring (bicyclic) bond motifs is 1. The highest BCUT2D eigenvalue weighted by molar-refractivity contribution is 7.89. The number of nitrogens with one attached hydrogen (secondary N) is 1.